The molecule has 0 bridgehead atoms. The Morgan fingerprint density at radius 2 is 1.78 bits per heavy atom. The van der Waals surface area contributed by atoms with Crippen LogP contribution in [0.15, 0.2) is 52.9 Å². The number of thiol groups is 5. The van der Waals surface area contributed by atoms with Gasteiger partial charge in [-0.3, -0.25) is 9.78 Å². The quantitative estimate of drug-likeness (QED) is 0.0976. The third kappa shape index (κ3) is 6.20. The first kappa shape index (κ1) is 26.9. The number of pyridine rings is 1. The van der Waals surface area contributed by atoms with E-state index in [-0.39, 0.29) is 11.8 Å². The van der Waals surface area contributed by atoms with Crippen molar-refractivity contribution < 1.29 is 4.79 Å². The van der Waals surface area contributed by atoms with Gasteiger partial charge in [-0.1, -0.05) is 25.1 Å². The first-order chi connectivity index (χ1) is 17.0. The van der Waals surface area contributed by atoms with Crippen molar-refractivity contribution in [3.05, 3.63) is 59.8 Å². The number of aromatic nitrogens is 5. The highest BCUT2D eigenvalue weighted by molar-refractivity contribution is 8.16. The summed E-state index contributed by atoms with van der Waals surface area (Å²) in [5.41, 5.74) is 3.45. The summed E-state index contributed by atoms with van der Waals surface area (Å²) in [7, 11) is 0. The lowest BCUT2D eigenvalue weighted by atomic mass is 9.96. The number of amides is 1. The normalized spacial score (nSPS) is 12.4. The lowest BCUT2D eigenvalue weighted by molar-refractivity contribution is 0.0957. The van der Waals surface area contributed by atoms with Crippen molar-refractivity contribution in [1.29, 1.82) is 0 Å². The molecule has 3 aromatic heterocycles. The van der Waals surface area contributed by atoms with Crippen molar-refractivity contribution in [2.75, 3.05) is 11.9 Å². The summed E-state index contributed by atoms with van der Waals surface area (Å²) in [4.78, 5) is 34.6. The maximum atomic E-state index is 12.7. The predicted molar refractivity (Wildman–Crippen MR) is 158 cm³/mol. The van der Waals surface area contributed by atoms with Crippen molar-refractivity contribution in [2.24, 2.45) is 0 Å². The summed E-state index contributed by atoms with van der Waals surface area (Å²) in [6, 6.07) is 9.24. The zero-order chi connectivity index (χ0) is 26.0. The molecule has 4 aromatic rings. The third-order valence-corrected chi connectivity index (χ3v) is 6.34. The third-order valence-electron chi connectivity index (χ3n) is 5.35. The molecule has 1 atom stereocenters. The molecule has 0 aliphatic heterocycles. The minimum atomic E-state index is -1.25. The maximum absolute atomic E-state index is 12.7. The molecule has 0 unspecified atom stereocenters. The van der Waals surface area contributed by atoms with E-state index in [4.69, 9.17) is 0 Å². The number of carbonyl (C=O) groups excluding carboxylic acids is 1. The Morgan fingerprint density at radius 1 is 1.06 bits per heavy atom. The van der Waals surface area contributed by atoms with Gasteiger partial charge in [-0.05, 0) is 18.6 Å². The second-order valence-corrected chi connectivity index (χ2v) is 12.0. The molecule has 1 aromatic carbocycles. The number of nitrogens with one attached hydrogen (secondary N) is 2. The van der Waals surface area contributed by atoms with E-state index in [1.54, 1.807) is 19.2 Å². The minimum absolute atomic E-state index is 0.0419. The highest BCUT2D eigenvalue weighted by Crippen LogP contribution is 2.31. The molecule has 2 N–H and O–H groups in total. The molecule has 186 valence electrons. The monoisotopic (exact) mass is 573 g/mol. The first-order valence-corrected chi connectivity index (χ1v) is 13.0. The van der Waals surface area contributed by atoms with Gasteiger partial charge in [-0.25, -0.2) is 19.9 Å². The topological polar surface area (TPSA) is 106 Å². The summed E-state index contributed by atoms with van der Waals surface area (Å²) in [5, 5.41) is 7.71. The van der Waals surface area contributed by atoms with Gasteiger partial charge in [0.25, 0.3) is 5.91 Å². The number of fused-ring (bicyclic) bond motifs is 1. The Balaban J connectivity index is 1.57. The van der Waals surface area contributed by atoms with Gasteiger partial charge in [0.1, 0.15) is 28.0 Å². The van der Waals surface area contributed by atoms with Crippen molar-refractivity contribution in [3.8, 4) is 11.3 Å². The Morgan fingerprint density at radius 3 is 2.47 bits per heavy atom. The van der Waals surface area contributed by atoms with Gasteiger partial charge >= 0.3 is 0 Å². The Labute approximate surface area is 236 Å². The minimum Gasteiger partial charge on any atom is -0.369 e. The SMILES string of the molecule is Cc1nc(S)c(-c2cc(NC[C@@H](C)c3cccc4c(C(=O)NC(S)(S)S)ccnc34)ncn2)c(S)n1. The average molecular weight is 574 g/mol. The molecule has 0 aliphatic rings. The average Bonchev–Trinajstić information content (AvgIpc) is 2.80. The second-order valence-electron chi connectivity index (χ2n) is 8.05. The van der Waals surface area contributed by atoms with Crippen LogP contribution in [0.2, 0.25) is 0 Å². The Bertz CT molecular complexity index is 1420. The van der Waals surface area contributed by atoms with E-state index in [9.17, 15) is 4.79 Å². The fraction of sp³-hybridized carbons (Fsp3) is 0.217. The fourth-order valence-electron chi connectivity index (χ4n) is 3.74. The number of nitrogens with zero attached hydrogens (tertiary/aromatic N) is 5. The highest BCUT2D eigenvalue weighted by Gasteiger charge is 2.21. The second kappa shape index (κ2) is 11.1. The van der Waals surface area contributed by atoms with E-state index in [2.05, 4.69) is 106 Å². The van der Waals surface area contributed by atoms with Gasteiger partial charge in [0.05, 0.1) is 22.3 Å². The molecule has 8 nitrogen and oxygen atoms in total. The van der Waals surface area contributed by atoms with E-state index in [0.717, 1.165) is 16.5 Å². The van der Waals surface area contributed by atoms with Crippen LogP contribution in [-0.4, -0.2) is 40.9 Å². The summed E-state index contributed by atoms with van der Waals surface area (Å²) in [6.07, 6.45) is 3.08. The number of hydrogen-bond acceptors (Lipinski definition) is 12. The van der Waals surface area contributed by atoms with Gasteiger partial charge < -0.3 is 10.6 Å². The number of rotatable bonds is 7. The molecule has 36 heavy (non-hydrogen) atoms. The van der Waals surface area contributed by atoms with E-state index in [1.807, 2.05) is 24.3 Å². The zero-order valence-corrected chi connectivity index (χ0v) is 23.7. The molecule has 0 fully saturated rings. The molecular weight excluding hydrogens is 551 g/mol. The smallest absolute Gasteiger partial charge is 0.254 e. The fourth-order valence-corrected chi connectivity index (χ4v) is 4.87. The number of anilines is 1. The highest BCUT2D eigenvalue weighted by atomic mass is 32.2. The molecule has 0 saturated heterocycles. The predicted octanol–water partition coefficient (Wildman–Crippen LogP) is 4.71. The molecule has 0 radical (unpaired) electrons. The van der Waals surface area contributed by atoms with Crippen molar-refractivity contribution in [3.63, 3.8) is 0 Å². The van der Waals surface area contributed by atoms with Gasteiger partial charge in [0, 0.05) is 30.1 Å². The van der Waals surface area contributed by atoms with Crippen LogP contribution in [-0.2, 0) is 0 Å². The van der Waals surface area contributed by atoms with Crippen LogP contribution in [0, 0.1) is 6.92 Å². The zero-order valence-electron chi connectivity index (χ0n) is 19.2. The van der Waals surface area contributed by atoms with Crippen LogP contribution < -0.4 is 10.6 Å². The van der Waals surface area contributed by atoms with Crippen molar-refractivity contribution in [1.82, 2.24) is 30.2 Å². The molecule has 0 spiro atoms. The van der Waals surface area contributed by atoms with Crippen molar-refractivity contribution >= 4 is 85.8 Å². The number of carbonyl (C=O) groups is 1. The van der Waals surface area contributed by atoms with E-state index >= 15 is 0 Å². The number of hydrogen-bond donors (Lipinski definition) is 7. The van der Waals surface area contributed by atoms with E-state index in [0.29, 0.717) is 45.1 Å². The summed E-state index contributed by atoms with van der Waals surface area (Å²) < 4.78 is -1.25. The summed E-state index contributed by atoms with van der Waals surface area (Å²) in [6.45, 7) is 4.42. The molecule has 1 amide bonds. The molecule has 3 heterocycles. The summed E-state index contributed by atoms with van der Waals surface area (Å²) >= 11 is 21.4. The van der Waals surface area contributed by atoms with Crippen LogP contribution in [0.1, 0.15) is 34.6 Å². The lowest BCUT2D eigenvalue weighted by Crippen LogP contribution is -2.35. The number of aryl methyl sites for hydroxylation is 1. The van der Waals surface area contributed by atoms with Crippen LogP contribution in [0.4, 0.5) is 5.82 Å². The van der Waals surface area contributed by atoms with Gasteiger partial charge in [-0.15, -0.1) is 63.1 Å². The van der Waals surface area contributed by atoms with Gasteiger partial charge in [0.2, 0.25) is 0 Å². The van der Waals surface area contributed by atoms with Gasteiger partial charge in [0.15, 0.2) is 3.54 Å². The Kier molecular flexibility index (Phi) is 8.25. The van der Waals surface area contributed by atoms with Crippen LogP contribution in [0.5, 0.6) is 0 Å². The lowest BCUT2D eigenvalue weighted by Gasteiger charge is -2.19. The van der Waals surface area contributed by atoms with E-state index < -0.39 is 3.54 Å². The van der Waals surface area contributed by atoms with Crippen LogP contribution >= 0.6 is 63.1 Å². The van der Waals surface area contributed by atoms with E-state index in [1.165, 1.54) is 6.33 Å². The molecule has 0 aliphatic carbocycles. The summed E-state index contributed by atoms with van der Waals surface area (Å²) in [5.74, 6) is 0.917. The Hall–Kier alpha value is -2.19. The maximum Gasteiger partial charge on any atom is 0.254 e. The first-order valence-electron chi connectivity index (χ1n) is 10.7. The standard InChI is InChI=1S/C23H23N7OS5/c1-11(9-25-17-8-16(26-10-27-17)18-21(32)28-12(2)29-22(18)33)13-4-3-5-14-15(6-7-24-19(13)14)20(31)30-23(34,35)36/h3-8,10-11,34-36H,9H2,1-2H3,(H,30,31)(H,25,26,27)(H2,28,29,32,33)/t11-/m1/s1. The van der Waals surface area contributed by atoms with Crippen LogP contribution in [0.25, 0.3) is 22.2 Å². The largest absolute Gasteiger partial charge is 0.369 e. The molecule has 0 saturated carbocycles. The number of para-hydroxylation sites is 1. The number of benzene rings is 1. The van der Waals surface area contributed by atoms with Crippen LogP contribution in [0.3, 0.4) is 0 Å². The molecule has 13 heteroatoms. The molecule has 4 rings (SSSR count). The molecular formula is C23H23N7OS5. The van der Waals surface area contributed by atoms with Crippen molar-refractivity contribution in [2.45, 2.75) is 33.4 Å². The van der Waals surface area contributed by atoms with Gasteiger partial charge in [-0.2, -0.15) is 0 Å².